The van der Waals surface area contributed by atoms with Gasteiger partial charge in [-0.15, -0.1) is 20.4 Å². The van der Waals surface area contributed by atoms with Crippen LogP contribution in [0, 0.1) is 0 Å². The van der Waals surface area contributed by atoms with Gasteiger partial charge in [0.15, 0.2) is 34.8 Å². The Labute approximate surface area is 442 Å². The molecule has 6 aromatic rings. The summed E-state index contributed by atoms with van der Waals surface area (Å²) in [5.74, 6) is -1.48. The van der Waals surface area contributed by atoms with Gasteiger partial charge in [-0.25, -0.2) is 0 Å². The Bertz CT molecular complexity index is 2960. The van der Waals surface area contributed by atoms with Crippen LogP contribution in [0.2, 0.25) is 0 Å². The molecule has 25 heteroatoms. The van der Waals surface area contributed by atoms with Crippen molar-refractivity contribution in [3.63, 3.8) is 0 Å². The Hall–Kier alpha value is -4.16. The van der Waals surface area contributed by atoms with Crippen molar-refractivity contribution in [2.24, 2.45) is 0 Å². The van der Waals surface area contributed by atoms with E-state index in [2.05, 4.69) is 94.7 Å². The molecule has 11 rings (SSSR count). The van der Waals surface area contributed by atoms with E-state index in [1.165, 1.54) is 47.6 Å². The lowest BCUT2D eigenvalue weighted by molar-refractivity contribution is -0.227. The molecule has 2 aliphatic carbocycles. The van der Waals surface area contributed by atoms with E-state index in [0.29, 0.717) is 31.6 Å². The molecule has 8 N–H and O–H groups in total. The number of carboxylic acids is 1. The number of aliphatic hydroxyl groups is 7. The number of carboxylic acid groups (broad SMARTS) is 1. The van der Waals surface area contributed by atoms with E-state index >= 15 is 0 Å². The molecule has 390 valence electrons. The van der Waals surface area contributed by atoms with Crippen LogP contribution in [-0.2, 0) is 33.3 Å². The van der Waals surface area contributed by atoms with Gasteiger partial charge < -0.3 is 64.5 Å². The van der Waals surface area contributed by atoms with Gasteiger partial charge in [0, 0.05) is 10.8 Å². The predicted octanol–water partition coefficient (Wildman–Crippen LogP) is 4.27. The first kappa shape index (κ1) is 53.7. The zero-order valence-electron chi connectivity index (χ0n) is 39.0. The lowest BCUT2D eigenvalue weighted by atomic mass is 9.99. The molecule has 10 unspecified atom stereocenters. The number of hydrogen-bond acceptors (Lipinski definition) is 20. The second kappa shape index (κ2) is 22.6. The number of halogens is 2. The van der Waals surface area contributed by atoms with Gasteiger partial charge in [0.05, 0.1) is 29.5 Å². The predicted molar refractivity (Wildman–Crippen MR) is 269 cm³/mol. The summed E-state index contributed by atoms with van der Waals surface area (Å²) in [6, 6.07) is 24.8. The fourth-order valence-corrected chi connectivity index (χ4v) is 11.4. The SMILES string of the molecule is CC1(C)OC2OC(C(O)CO)C(O)C2O1.O=C(CSc1nnc(Br)n1-c1ccc(C2CC2)c2ccccc12)OC(O)C1OC(O)C(O)C1O.O=C(O)CSc1nnc(Br)n1-c1ccc(C2CC2)c2ccccc12. The zero-order chi connectivity index (χ0) is 51.9. The molecular weight excluding hydrogens is 1120 g/mol. The number of benzene rings is 4. The molecule has 5 heterocycles. The first-order valence-corrected chi connectivity index (χ1v) is 26.8. The van der Waals surface area contributed by atoms with Crippen molar-refractivity contribution >= 4 is 88.9 Å². The molecule has 0 amide bonds. The van der Waals surface area contributed by atoms with Gasteiger partial charge in [0.25, 0.3) is 0 Å². The smallest absolute Gasteiger partial charge is 0.318 e. The van der Waals surface area contributed by atoms with Crippen LogP contribution in [0.15, 0.2) is 92.6 Å². The molecule has 4 aromatic carbocycles. The highest BCUT2D eigenvalue weighted by Crippen LogP contribution is 2.46. The summed E-state index contributed by atoms with van der Waals surface area (Å²) >= 11 is 9.09. The number of hydrogen-bond donors (Lipinski definition) is 8. The van der Waals surface area contributed by atoms with Crippen molar-refractivity contribution in [1.82, 2.24) is 29.5 Å². The third-order valence-electron chi connectivity index (χ3n) is 12.6. The molecule has 21 nitrogen and oxygen atoms in total. The van der Waals surface area contributed by atoms with Crippen LogP contribution in [-0.4, -0.2) is 168 Å². The number of fused-ring (bicyclic) bond motifs is 3. The second-order valence-electron chi connectivity index (χ2n) is 18.3. The number of esters is 1. The molecule has 2 aromatic heterocycles. The van der Waals surface area contributed by atoms with Gasteiger partial charge >= 0.3 is 11.9 Å². The van der Waals surface area contributed by atoms with Crippen LogP contribution in [0.4, 0.5) is 0 Å². The number of ether oxygens (including phenoxy) is 5. The molecule has 0 bridgehead atoms. The maximum Gasteiger partial charge on any atom is 0.318 e. The number of rotatable bonds is 14. The fourth-order valence-electron chi connectivity index (χ4n) is 8.94. The normalized spacial score (nSPS) is 25.9. The first-order chi connectivity index (χ1) is 34.9. The van der Waals surface area contributed by atoms with E-state index in [0.717, 1.165) is 45.7 Å². The number of aliphatic carboxylic acids is 1. The quantitative estimate of drug-likeness (QED) is 0.0429. The summed E-state index contributed by atoms with van der Waals surface area (Å²) < 4.78 is 30.5. The molecule has 73 heavy (non-hydrogen) atoms. The molecular formula is C48H52Br2N6O15S2. The lowest BCUT2D eigenvalue weighted by Crippen LogP contribution is -2.42. The molecule has 10 atom stereocenters. The lowest BCUT2D eigenvalue weighted by Gasteiger charge is -2.24. The fraction of sp³-hybridized carbons (Fsp3) is 0.458. The van der Waals surface area contributed by atoms with Crippen LogP contribution in [0.25, 0.3) is 32.9 Å². The second-order valence-corrected chi connectivity index (χ2v) is 21.6. The van der Waals surface area contributed by atoms with Crippen molar-refractivity contribution in [3.05, 3.63) is 93.4 Å². The van der Waals surface area contributed by atoms with E-state index in [4.69, 9.17) is 33.9 Å². The van der Waals surface area contributed by atoms with E-state index < -0.39 is 85.9 Å². The highest BCUT2D eigenvalue weighted by atomic mass is 79.9. The summed E-state index contributed by atoms with van der Waals surface area (Å²) in [4.78, 5) is 23.2. The number of carbonyl (C=O) groups excluding carboxylic acids is 1. The monoisotopic (exact) mass is 1170 g/mol. The van der Waals surface area contributed by atoms with Gasteiger partial charge in [-0.2, -0.15) is 0 Å². The number of carbonyl (C=O) groups is 2. The molecule has 2 saturated carbocycles. The Morgan fingerprint density at radius 1 is 0.699 bits per heavy atom. The van der Waals surface area contributed by atoms with Crippen LogP contribution in [0.5, 0.6) is 0 Å². The van der Waals surface area contributed by atoms with Crippen LogP contribution in [0.1, 0.15) is 62.5 Å². The summed E-state index contributed by atoms with van der Waals surface area (Å²) in [5.41, 5.74) is 4.53. The van der Waals surface area contributed by atoms with Gasteiger partial charge in [-0.05, 0) is 117 Å². The minimum Gasteiger partial charge on any atom is -0.481 e. The van der Waals surface area contributed by atoms with Gasteiger partial charge in [0.1, 0.15) is 36.6 Å². The van der Waals surface area contributed by atoms with Gasteiger partial charge in [-0.1, -0.05) is 84.2 Å². The standard InChI is InChI=1S/C22H22BrN3O7S.C17H14BrN3O2S.C9H16O6/c23-21-24-25-22(34-9-15(27)32-20(31)18-16(28)17(29)19(30)33-18)26(21)14-8-7-11(10-5-6-10)12-3-1-2-4-13(12)14;18-16-19-20-17(24-9-15(22)23)21(16)14-8-7-11(10-5-6-10)12-3-1-2-4-13(12)14;1-9(2)14-7-5(12)6(4(11)3-10)13-8(7)15-9/h1-4,7-8,10,16-20,28-31H,5-6,9H2;1-4,7-8,10H,5-6,9H2,(H,22,23);4-8,10-12H,3H2,1-2H3. The van der Waals surface area contributed by atoms with Crippen LogP contribution < -0.4 is 0 Å². The zero-order valence-corrected chi connectivity index (χ0v) is 43.8. The number of aromatic nitrogens is 6. The maximum absolute atomic E-state index is 12.3. The largest absolute Gasteiger partial charge is 0.481 e. The minimum atomic E-state index is -1.86. The van der Waals surface area contributed by atoms with Crippen LogP contribution >= 0.6 is 55.4 Å². The first-order valence-electron chi connectivity index (χ1n) is 23.2. The Balaban J connectivity index is 0.000000146. The van der Waals surface area contributed by atoms with E-state index in [1.54, 1.807) is 18.4 Å². The van der Waals surface area contributed by atoms with E-state index in [-0.39, 0.29) is 11.5 Å². The van der Waals surface area contributed by atoms with Crippen molar-refractivity contribution in [2.75, 3.05) is 18.1 Å². The minimum absolute atomic E-state index is 0.0524. The molecule has 0 radical (unpaired) electrons. The van der Waals surface area contributed by atoms with E-state index in [1.807, 2.05) is 34.9 Å². The summed E-state index contributed by atoms with van der Waals surface area (Å²) in [5, 5.41) is 97.7. The summed E-state index contributed by atoms with van der Waals surface area (Å²) in [7, 11) is 0. The Kier molecular flexibility index (Phi) is 16.6. The van der Waals surface area contributed by atoms with E-state index in [9.17, 15) is 40.2 Å². The van der Waals surface area contributed by atoms with Gasteiger partial charge in [0.2, 0.25) is 15.8 Å². The Morgan fingerprint density at radius 3 is 1.66 bits per heavy atom. The average molecular weight is 1180 g/mol. The topological polar surface area (TPSA) is 304 Å². The van der Waals surface area contributed by atoms with Crippen molar-refractivity contribution in [2.45, 2.75) is 129 Å². The van der Waals surface area contributed by atoms with Crippen molar-refractivity contribution < 1.29 is 74.1 Å². The number of nitrogens with zero attached hydrogens (tertiary/aromatic N) is 6. The highest BCUT2D eigenvalue weighted by molar-refractivity contribution is 9.10. The molecule has 3 aliphatic heterocycles. The van der Waals surface area contributed by atoms with Crippen molar-refractivity contribution in [3.8, 4) is 11.4 Å². The number of thioether (sulfide) groups is 2. The highest BCUT2D eigenvalue weighted by Gasteiger charge is 2.56. The van der Waals surface area contributed by atoms with Gasteiger partial charge in [-0.3, -0.25) is 18.7 Å². The van der Waals surface area contributed by atoms with Crippen molar-refractivity contribution in [1.29, 1.82) is 0 Å². The van der Waals surface area contributed by atoms with Crippen LogP contribution in [0.3, 0.4) is 0 Å². The summed E-state index contributed by atoms with van der Waals surface area (Å²) in [6.07, 6.45) is -7.59. The molecule has 5 aliphatic rings. The Morgan fingerprint density at radius 2 is 1.21 bits per heavy atom. The molecule has 3 saturated heterocycles. The third kappa shape index (κ3) is 11.8. The third-order valence-corrected chi connectivity index (χ3v) is 15.5. The average Bonchev–Trinajstić information content (AvgIpc) is 4.27. The summed E-state index contributed by atoms with van der Waals surface area (Å²) in [6.45, 7) is 2.97. The number of aliphatic hydroxyl groups excluding tert-OH is 7. The molecule has 0 spiro atoms. The maximum atomic E-state index is 12.3. The molecule has 5 fully saturated rings.